The molecule has 0 aliphatic carbocycles. The van der Waals surface area contributed by atoms with Gasteiger partial charge in [0, 0.05) is 18.3 Å². The monoisotopic (exact) mass is 438 g/mol. The van der Waals surface area contributed by atoms with Crippen molar-refractivity contribution in [2.75, 3.05) is 6.61 Å². The van der Waals surface area contributed by atoms with Crippen molar-refractivity contribution in [1.82, 2.24) is 0 Å². The van der Waals surface area contributed by atoms with Crippen molar-refractivity contribution in [2.45, 2.75) is 27.4 Å². The zero-order chi connectivity index (χ0) is 22.4. The summed E-state index contributed by atoms with van der Waals surface area (Å²) < 4.78 is 11.6. The molecule has 3 rings (SSSR count). The van der Waals surface area contributed by atoms with Gasteiger partial charge in [-0.15, -0.1) is 0 Å². The fourth-order valence-corrected chi connectivity index (χ4v) is 3.16. The molecule has 0 heterocycles. The van der Waals surface area contributed by atoms with E-state index in [0.29, 0.717) is 23.1 Å². The molecule has 0 aliphatic heterocycles. The maximum atomic E-state index is 10.8. The summed E-state index contributed by atoms with van der Waals surface area (Å²) in [5.74, 6) is 0.934. The second kappa shape index (κ2) is 10.1. The highest BCUT2D eigenvalue weighted by atomic mass is 35.5. The van der Waals surface area contributed by atoms with Crippen molar-refractivity contribution >= 4 is 29.2 Å². The first-order chi connectivity index (χ1) is 14.9. The summed E-state index contributed by atoms with van der Waals surface area (Å²) in [7, 11) is 0. The van der Waals surface area contributed by atoms with Crippen molar-refractivity contribution in [3.8, 4) is 11.5 Å². The molecule has 0 bridgehead atoms. The molecule has 0 saturated carbocycles. The van der Waals surface area contributed by atoms with Gasteiger partial charge < -0.3 is 9.47 Å². The van der Waals surface area contributed by atoms with Crippen LogP contribution < -0.4 is 9.47 Å². The van der Waals surface area contributed by atoms with E-state index in [2.05, 4.69) is 18.8 Å². The molecule has 0 aliphatic rings. The highest BCUT2D eigenvalue weighted by Crippen LogP contribution is 2.37. The van der Waals surface area contributed by atoms with Crippen LogP contribution >= 0.6 is 11.6 Å². The van der Waals surface area contributed by atoms with E-state index < -0.39 is 4.92 Å². The number of halogens is 1. The van der Waals surface area contributed by atoms with Gasteiger partial charge in [-0.25, -0.2) is 0 Å². The van der Waals surface area contributed by atoms with Crippen LogP contribution in [-0.4, -0.2) is 17.7 Å². The number of benzene rings is 3. The Kier molecular flexibility index (Phi) is 7.26. The van der Waals surface area contributed by atoms with Gasteiger partial charge in [-0.1, -0.05) is 17.7 Å². The van der Waals surface area contributed by atoms with E-state index in [9.17, 15) is 10.1 Å². The number of aryl methyl sites for hydroxylation is 2. The third kappa shape index (κ3) is 5.83. The van der Waals surface area contributed by atoms with Crippen LogP contribution in [0.25, 0.3) is 0 Å². The first kappa shape index (κ1) is 22.3. The SMILES string of the molecule is CCOc1cc(C=Nc2ccc(C)c(C)c2)cc(Cl)c1OCc1ccc([N+](=O)[O-])cc1. The van der Waals surface area contributed by atoms with Gasteiger partial charge in [0.05, 0.1) is 22.2 Å². The average Bonchev–Trinajstić information content (AvgIpc) is 2.74. The number of hydrogen-bond acceptors (Lipinski definition) is 5. The molecular weight excluding hydrogens is 416 g/mol. The Balaban J connectivity index is 1.80. The predicted molar refractivity (Wildman–Crippen MR) is 123 cm³/mol. The van der Waals surface area contributed by atoms with E-state index in [1.165, 1.54) is 23.3 Å². The number of nitrogens with zero attached hydrogens (tertiary/aromatic N) is 2. The van der Waals surface area contributed by atoms with Crippen molar-refractivity contribution in [3.63, 3.8) is 0 Å². The van der Waals surface area contributed by atoms with Gasteiger partial charge in [-0.2, -0.15) is 0 Å². The summed E-state index contributed by atoms with van der Waals surface area (Å²) in [5, 5.41) is 11.2. The van der Waals surface area contributed by atoms with Crippen LogP contribution in [0, 0.1) is 24.0 Å². The summed E-state index contributed by atoms with van der Waals surface area (Å²) >= 11 is 6.48. The Labute approximate surface area is 186 Å². The lowest BCUT2D eigenvalue weighted by Gasteiger charge is -2.14. The first-order valence-electron chi connectivity index (χ1n) is 9.81. The zero-order valence-electron chi connectivity index (χ0n) is 17.6. The van der Waals surface area contributed by atoms with Gasteiger partial charge in [0.2, 0.25) is 0 Å². The van der Waals surface area contributed by atoms with Crippen molar-refractivity contribution < 1.29 is 14.4 Å². The molecule has 0 N–H and O–H groups in total. The fourth-order valence-electron chi connectivity index (χ4n) is 2.89. The van der Waals surface area contributed by atoms with Crippen molar-refractivity contribution in [2.24, 2.45) is 4.99 Å². The standard InChI is InChI=1S/C24H23ClN2O4/c1-4-30-23-13-19(14-26-20-8-5-16(2)17(3)11-20)12-22(25)24(23)31-15-18-6-9-21(10-7-18)27(28)29/h5-14H,4,15H2,1-3H3. The molecule has 6 nitrogen and oxygen atoms in total. The Morgan fingerprint density at radius 3 is 2.42 bits per heavy atom. The Hall–Kier alpha value is -3.38. The molecule has 0 saturated heterocycles. The minimum absolute atomic E-state index is 0.0317. The molecule has 160 valence electrons. The third-order valence-corrected chi connectivity index (χ3v) is 5.00. The van der Waals surface area contributed by atoms with E-state index in [-0.39, 0.29) is 12.3 Å². The number of nitro groups is 1. The van der Waals surface area contributed by atoms with Gasteiger partial charge in [-0.3, -0.25) is 15.1 Å². The molecule has 3 aromatic rings. The average molecular weight is 439 g/mol. The van der Waals surface area contributed by atoms with E-state index >= 15 is 0 Å². The molecule has 3 aromatic carbocycles. The molecule has 0 spiro atoms. The van der Waals surface area contributed by atoms with Crippen LogP contribution in [0.15, 0.2) is 59.6 Å². The van der Waals surface area contributed by atoms with E-state index in [0.717, 1.165) is 16.8 Å². The summed E-state index contributed by atoms with van der Waals surface area (Å²) in [6, 6.07) is 15.8. The molecular formula is C24H23ClN2O4. The number of ether oxygens (including phenoxy) is 2. The number of nitro benzene ring substituents is 1. The highest BCUT2D eigenvalue weighted by molar-refractivity contribution is 6.32. The summed E-state index contributed by atoms with van der Waals surface area (Å²) in [4.78, 5) is 14.9. The first-order valence-corrected chi connectivity index (χ1v) is 10.2. The maximum absolute atomic E-state index is 10.8. The molecule has 0 atom stereocenters. The van der Waals surface area contributed by atoms with Crippen LogP contribution in [0.2, 0.25) is 5.02 Å². The summed E-state index contributed by atoms with van der Waals surface area (Å²) in [5.41, 5.74) is 4.85. The zero-order valence-corrected chi connectivity index (χ0v) is 18.3. The van der Waals surface area contributed by atoms with Crippen molar-refractivity contribution in [3.05, 3.63) is 92.0 Å². The van der Waals surface area contributed by atoms with Gasteiger partial charge >= 0.3 is 0 Å². The molecule has 0 unspecified atom stereocenters. The number of aliphatic imine (C=N–C) groups is 1. The van der Waals surface area contributed by atoms with Gasteiger partial charge in [0.25, 0.3) is 5.69 Å². The van der Waals surface area contributed by atoms with E-state index in [1.807, 2.05) is 31.2 Å². The van der Waals surface area contributed by atoms with Crippen LogP contribution in [0.5, 0.6) is 11.5 Å². The lowest BCUT2D eigenvalue weighted by atomic mass is 10.1. The predicted octanol–water partition coefficient (Wildman–Crippen LogP) is 6.59. The van der Waals surface area contributed by atoms with E-state index in [1.54, 1.807) is 24.4 Å². The quantitative estimate of drug-likeness (QED) is 0.226. The second-order valence-corrected chi connectivity index (χ2v) is 7.41. The largest absolute Gasteiger partial charge is 0.490 e. The minimum atomic E-state index is -0.438. The topological polar surface area (TPSA) is 74.0 Å². The minimum Gasteiger partial charge on any atom is -0.490 e. The van der Waals surface area contributed by atoms with Crippen LogP contribution in [-0.2, 0) is 6.61 Å². The number of rotatable bonds is 8. The summed E-state index contributed by atoms with van der Waals surface area (Å²) in [6.07, 6.45) is 1.73. The smallest absolute Gasteiger partial charge is 0.269 e. The van der Waals surface area contributed by atoms with Crippen LogP contribution in [0.1, 0.15) is 29.2 Å². The molecule has 0 radical (unpaired) electrons. The van der Waals surface area contributed by atoms with Crippen LogP contribution in [0.4, 0.5) is 11.4 Å². The lowest BCUT2D eigenvalue weighted by Crippen LogP contribution is -2.01. The fraction of sp³-hybridized carbons (Fsp3) is 0.208. The van der Waals surface area contributed by atoms with E-state index in [4.69, 9.17) is 21.1 Å². The summed E-state index contributed by atoms with van der Waals surface area (Å²) in [6.45, 7) is 6.64. The second-order valence-electron chi connectivity index (χ2n) is 7.00. The molecule has 0 aromatic heterocycles. The molecule has 31 heavy (non-hydrogen) atoms. The molecule has 7 heteroatoms. The highest BCUT2D eigenvalue weighted by Gasteiger charge is 2.13. The lowest BCUT2D eigenvalue weighted by molar-refractivity contribution is -0.384. The van der Waals surface area contributed by atoms with Crippen LogP contribution in [0.3, 0.4) is 0 Å². The Morgan fingerprint density at radius 2 is 1.77 bits per heavy atom. The Bertz CT molecular complexity index is 1110. The van der Waals surface area contributed by atoms with Gasteiger partial charge in [-0.05, 0) is 79.4 Å². The number of hydrogen-bond donors (Lipinski definition) is 0. The van der Waals surface area contributed by atoms with Gasteiger partial charge in [0.15, 0.2) is 11.5 Å². The normalized spacial score (nSPS) is 11.0. The number of non-ortho nitro benzene ring substituents is 1. The maximum Gasteiger partial charge on any atom is 0.269 e. The molecule has 0 fully saturated rings. The van der Waals surface area contributed by atoms with Crippen molar-refractivity contribution in [1.29, 1.82) is 0 Å². The Morgan fingerprint density at radius 1 is 1.03 bits per heavy atom. The molecule has 0 amide bonds. The van der Waals surface area contributed by atoms with Gasteiger partial charge in [0.1, 0.15) is 6.61 Å². The third-order valence-electron chi connectivity index (χ3n) is 4.72.